The molecule has 0 aliphatic carbocycles. The molecule has 4 heterocycles. The van der Waals surface area contributed by atoms with Crippen LogP contribution in [0.25, 0.3) is 33.4 Å². The molecule has 0 bridgehead atoms. The number of morpholine rings is 1. The van der Waals surface area contributed by atoms with E-state index < -0.39 is 23.4 Å². The second-order valence-electron chi connectivity index (χ2n) is 12.2. The van der Waals surface area contributed by atoms with E-state index in [0.29, 0.717) is 67.2 Å². The van der Waals surface area contributed by atoms with Crippen molar-refractivity contribution >= 4 is 17.2 Å². The van der Waals surface area contributed by atoms with Crippen molar-refractivity contribution in [1.29, 1.82) is 0 Å². The first-order valence-corrected chi connectivity index (χ1v) is 14.9. The number of nitrogens with zero attached hydrogens (tertiary/aromatic N) is 6. The Morgan fingerprint density at radius 2 is 1.75 bits per heavy atom. The average Bonchev–Trinajstić information content (AvgIpc) is 3.49. The van der Waals surface area contributed by atoms with Crippen molar-refractivity contribution in [1.82, 2.24) is 29.7 Å². The molecule has 0 amide bonds. The van der Waals surface area contributed by atoms with Crippen molar-refractivity contribution in [2.24, 2.45) is 0 Å². The number of carbonyl (C=O) groups is 1. The Morgan fingerprint density at radius 1 is 1.02 bits per heavy atom. The number of fused-ring (bicyclic) bond motifs is 1. The van der Waals surface area contributed by atoms with Gasteiger partial charge in [0.05, 0.1) is 48.4 Å². The van der Waals surface area contributed by atoms with E-state index in [1.165, 1.54) is 12.1 Å². The minimum Gasteiger partial charge on any atom is -0.427 e. The van der Waals surface area contributed by atoms with Crippen LogP contribution in [0.15, 0.2) is 48.9 Å². The Bertz CT molecular complexity index is 1620. The molecule has 2 aromatic heterocycles. The predicted octanol–water partition coefficient (Wildman–Crippen LogP) is 5.77. The summed E-state index contributed by atoms with van der Waals surface area (Å²) in [6, 6.07) is 8.30. The van der Waals surface area contributed by atoms with Crippen LogP contribution < -0.4 is 0 Å². The third kappa shape index (κ3) is 6.87. The minimum atomic E-state index is -0.707. The molecule has 0 saturated carbocycles. The third-order valence-corrected chi connectivity index (χ3v) is 7.80. The number of halogens is 2. The summed E-state index contributed by atoms with van der Waals surface area (Å²) in [6.07, 6.45) is 6.10. The van der Waals surface area contributed by atoms with Gasteiger partial charge in [0.15, 0.2) is 0 Å². The maximum absolute atomic E-state index is 15.2. The minimum absolute atomic E-state index is 0.0531. The van der Waals surface area contributed by atoms with Crippen LogP contribution in [-0.4, -0.2) is 80.9 Å². The molecule has 0 N–H and O–H groups in total. The highest BCUT2D eigenvalue weighted by molar-refractivity contribution is 5.92. The van der Waals surface area contributed by atoms with Gasteiger partial charge in [0.1, 0.15) is 17.2 Å². The lowest BCUT2D eigenvalue weighted by atomic mass is 10.0. The molecule has 44 heavy (non-hydrogen) atoms. The zero-order chi connectivity index (χ0) is 30.8. The fourth-order valence-corrected chi connectivity index (χ4v) is 5.54. The summed E-state index contributed by atoms with van der Waals surface area (Å²) >= 11 is 0. The average molecular weight is 607 g/mol. The second kappa shape index (κ2) is 12.5. The Hall–Kier alpha value is -4.00. The first kappa shape index (κ1) is 30.0. The standard InChI is InChI=1S/C32H36F2N6O4/c1-32(2,3)43-31(41)44-39-9-7-23(8-10-39)40-19-22(17-36-40)29-18-35-28-6-4-5-24(30(28)37-29)21-15-26(33)25(27(34)16-21)20-38-11-13-42-14-12-38/h4-6,15-19,23H,7-14,20H2,1-3H3. The number of hydroxylamine groups is 2. The van der Waals surface area contributed by atoms with E-state index in [2.05, 4.69) is 10.1 Å². The maximum Gasteiger partial charge on any atom is 0.528 e. The van der Waals surface area contributed by atoms with Crippen molar-refractivity contribution in [2.75, 3.05) is 39.4 Å². The number of carbonyl (C=O) groups excluding carboxylic acids is 1. The van der Waals surface area contributed by atoms with Crippen molar-refractivity contribution in [2.45, 2.75) is 51.8 Å². The number of para-hydroxylation sites is 1. The summed E-state index contributed by atoms with van der Waals surface area (Å²) in [7, 11) is 0. The van der Waals surface area contributed by atoms with E-state index in [-0.39, 0.29) is 18.2 Å². The highest BCUT2D eigenvalue weighted by atomic mass is 19.1. The van der Waals surface area contributed by atoms with Crippen LogP contribution in [0, 0.1) is 11.6 Å². The molecule has 4 aromatic rings. The van der Waals surface area contributed by atoms with Crippen LogP contribution in [-0.2, 0) is 20.9 Å². The van der Waals surface area contributed by atoms with Gasteiger partial charge >= 0.3 is 6.16 Å². The number of rotatable bonds is 6. The molecule has 0 atom stereocenters. The maximum atomic E-state index is 15.2. The van der Waals surface area contributed by atoms with Gasteiger partial charge in [-0.3, -0.25) is 14.6 Å². The van der Waals surface area contributed by atoms with E-state index in [1.807, 2.05) is 21.8 Å². The number of aromatic nitrogens is 4. The van der Waals surface area contributed by atoms with Gasteiger partial charge in [-0.25, -0.2) is 18.6 Å². The number of hydrogen-bond acceptors (Lipinski definition) is 9. The molecule has 12 heteroatoms. The summed E-state index contributed by atoms with van der Waals surface area (Å²) in [6.45, 7) is 9.07. The first-order valence-electron chi connectivity index (χ1n) is 14.9. The molecular weight excluding hydrogens is 570 g/mol. The first-order chi connectivity index (χ1) is 21.1. The van der Waals surface area contributed by atoms with E-state index in [9.17, 15) is 4.79 Å². The lowest BCUT2D eigenvalue weighted by molar-refractivity contribution is -0.154. The Balaban J connectivity index is 1.18. The summed E-state index contributed by atoms with van der Waals surface area (Å²) in [5.74, 6) is -1.17. The molecule has 0 unspecified atom stereocenters. The number of hydrogen-bond donors (Lipinski definition) is 0. The smallest absolute Gasteiger partial charge is 0.427 e. The SMILES string of the molecule is CC(C)(C)OC(=O)ON1CCC(n2cc(-c3cnc4cccc(-c5cc(F)c(CN6CCOCC6)c(F)c5)c4n3)cn2)CC1. The lowest BCUT2D eigenvalue weighted by Gasteiger charge is -2.31. The molecule has 0 spiro atoms. The number of piperidine rings is 1. The molecular formula is C32H36F2N6O4. The van der Waals surface area contributed by atoms with E-state index in [0.717, 1.165) is 18.4 Å². The monoisotopic (exact) mass is 606 g/mol. The highest BCUT2D eigenvalue weighted by Gasteiger charge is 2.26. The zero-order valence-electron chi connectivity index (χ0n) is 25.1. The fraction of sp³-hybridized carbons (Fsp3) is 0.438. The predicted molar refractivity (Wildman–Crippen MR) is 159 cm³/mol. The normalized spacial score (nSPS) is 17.2. The second-order valence-corrected chi connectivity index (χ2v) is 12.2. The molecule has 2 aliphatic rings. The van der Waals surface area contributed by atoms with Crippen molar-refractivity contribution in [3.63, 3.8) is 0 Å². The third-order valence-electron chi connectivity index (χ3n) is 7.80. The van der Waals surface area contributed by atoms with Gasteiger partial charge in [-0.2, -0.15) is 5.10 Å². The summed E-state index contributed by atoms with van der Waals surface area (Å²) in [5, 5.41) is 6.20. The largest absolute Gasteiger partial charge is 0.528 e. The van der Waals surface area contributed by atoms with Crippen molar-refractivity contribution in [3.8, 4) is 22.4 Å². The topological polar surface area (TPSA) is 94.8 Å². The summed E-state index contributed by atoms with van der Waals surface area (Å²) in [5.41, 5.74) is 2.98. The quantitative estimate of drug-likeness (QED) is 0.253. The van der Waals surface area contributed by atoms with E-state index >= 15 is 8.78 Å². The highest BCUT2D eigenvalue weighted by Crippen LogP contribution is 2.32. The molecule has 2 aromatic carbocycles. The van der Waals surface area contributed by atoms with Crippen LogP contribution >= 0.6 is 0 Å². The van der Waals surface area contributed by atoms with Gasteiger partial charge in [0.2, 0.25) is 0 Å². The van der Waals surface area contributed by atoms with Crippen LogP contribution in [0.2, 0.25) is 0 Å². The van der Waals surface area contributed by atoms with Gasteiger partial charge < -0.3 is 14.3 Å². The molecule has 6 rings (SSSR count). The van der Waals surface area contributed by atoms with Crippen molar-refractivity contribution < 1.29 is 27.9 Å². The van der Waals surface area contributed by atoms with Crippen LogP contribution in [0.3, 0.4) is 0 Å². The molecule has 2 fully saturated rings. The van der Waals surface area contributed by atoms with Crippen LogP contribution in [0.1, 0.15) is 45.2 Å². The molecule has 10 nitrogen and oxygen atoms in total. The number of benzene rings is 2. The molecule has 2 saturated heterocycles. The van der Waals surface area contributed by atoms with Crippen LogP contribution in [0.5, 0.6) is 0 Å². The van der Waals surface area contributed by atoms with E-state index in [1.54, 1.807) is 50.4 Å². The van der Waals surface area contributed by atoms with Gasteiger partial charge in [0, 0.05) is 55.6 Å². The Kier molecular flexibility index (Phi) is 8.57. The molecule has 232 valence electrons. The van der Waals surface area contributed by atoms with Gasteiger partial charge in [-0.05, 0) is 57.4 Å². The van der Waals surface area contributed by atoms with Gasteiger partial charge in [-0.15, -0.1) is 5.06 Å². The number of ether oxygens (including phenoxy) is 2. The molecule has 0 radical (unpaired) electrons. The van der Waals surface area contributed by atoms with Crippen molar-refractivity contribution in [3.05, 3.63) is 66.1 Å². The van der Waals surface area contributed by atoms with Gasteiger partial charge in [0.25, 0.3) is 0 Å². The van der Waals surface area contributed by atoms with Gasteiger partial charge in [-0.1, -0.05) is 12.1 Å². The zero-order valence-corrected chi connectivity index (χ0v) is 25.1. The fourth-order valence-electron chi connectivity index (χ4n) is 5.54. The Morgan fingerprint density at radius 3 is 2.45 bits per heavy atom. The molecule has 2 aliphatic heterocycles. The van der Waals surface area contributed by atoms with Crippen LogP contribution in [0.4, 0.5) is 13.6 Å². The summed E-state index contributed by atoms with van der Waals surface area (Å²) < 4.78 is 43.0. The Labute approximate surface area is 254 Å². The van der Waals surface area contributed by atoms with E-state index in [4.69, 9.17) is 19.3 Å². The summed E-state index contributed by atoms with van der Waals surface area (Å²) in [4.78, 5) is 28.8. The lowest BCUT2D eigenvalue weighted by Crippen LogP contribution is -2.38.